The predicted molar refractivity (Wildman–Crippen MR) is 90.6 cm³/mol. The fourth-order valence-corrected chi connectivity index (χ4v) is 2.05. The van der Waals surface area contributed by atoms with Gasteiger partial charge in [-0.2, -0.15) is 0 Å². The molecule has 0 fully saturated rings. The van der Waals surface area contributed by atoms with Crippen LogP contribution >= 0.6 is 0 Å². The normalized spacial score (nSPS) is 10.8. The van der Waals surface area contributed by atoms with Gasteiger partial charge in [0.2, 0.25) is 0 Å². The standard InChI is InChI=1S/C19H22O5/c1-19(2,18(20)21-3)24-17-11-7-10-16(14-17)23-13-12-22-15-8-5-4-6-9-15/h4-11,14H,12-13H2,1-3H3. The molecular formula is C19H22O5. The molecule has 2 aromatic rings. The summed E-state index contributed by atoms with van der Waals surface area (Å²) in [6.45, 7) is 4.14. The van der Waals surface area contributed by atoms with E-state index in [-0.39, 0.29) is 0 Å². The summed E-state index contributed by atoms with van der Waals surface area (Å²) in [6, 6.07) is 16.7. The average molecular weight is 330 g/mol. The molecule has 0 aromatic heterocycles. The number of ether oxygens (including phenoxy) is 4. The zero-order valence-corrected chi connectivity index (χ0v) is 14.2. The Morgan fingerprint density at radius 3 is 2.12 bits per heavy atom. The van der Waals surface area contributed by atoms with Gasteiger partial charge in [-0.15, -0.1) is 0 Å². The Kier molecular flexibility index (Phi) is 6.07. The first-order valence-electron chi connectivity index (χ1n) is 7.69. The van der Waals surface area contributed by atoms with Crippen molar-refractivity contribution in [3.63, 3.8) is 0 Å². The molecule has 128 valence electrons. The Morgan fingerprint density at radius 2 is 1.46 bits per heavy atom. The highest BCUT2D eigenvalue weighted by Gasteiger charge is 2.31. The van der Waals surface area contributed by atoms with Gasteiger partial charge >= 0.3 is 5.97 Å². The summed E-state index contributed by atoms with van der Waals surface area (Å²) in [5.74, 6) is 1.54. The summed E-state index contributed by atoms with van der Waals surface area (Å²) in [5.41, 5.74) is -1.07. The van der Waals surface area contributed by atoms with Gasteiger partial charge < -0.3 is 18.9 Å². The summed E-state index contributed by atoms with van der Waals surface area (Å²) in [7, 11) is 1.33. The minimum absolute atomic E-state index is 0.402. The summed E-state index contributed by atoms with van der Waals surface area (Å²) in [4.78, 5) is 11.7. The van der Waals surface area contributed by atoms with E-state index >= 15 is 0 Å². The highest BCUT2D eigenvalue weighted by Crippen LogP contribution is 2.24. The molecule has 0 aliphatic rings. The largest absolute Gasteiger partial charge is 0.490 e. The highest BCUT2D eigenvalue weighted by atomic mass is 16.6. The maximum absolute atomic E-state index is 11.7. The van der Waals surface area contributed by atoms with Crippen LogP contribution in [0.1, 0.15) is 13.8 Å². The number of carbonyl (C=O) groups excluding carboxylic acids is 1. The quantitative estimate of drug-likeness (QED) is 0.548. The van der Waals surface area contributed by atoms with Gasteiger partial charge in [0, 0.05) is 6.07 Å². The first-order chi connectivity index (χ1) is 11.5. The number of carbonyl (C=O) groups is 1. The van der Waals surface area contributed by atoms with Gasteiger partial charge in [-0.25, -0.2) is 4.79 Å². The van der Waals surface area contributed by atoms with Gasteiger partial charge in [0.05, 0.1) is 7.11 Å². The van der Waals surface area contributed by atoms with Gasteiger partial charge in [0.25, 0.3) is 0 Å². The minimum atomic E-state index is -1.07. The van der Waals surface area contributed by atoms with Crippen molar-refractivity contribution in [1.29, 1.82) is 0 Å². The lowest BCUT2D eigenvalue weighted by atomic mass is 10.1. The molecule has 0 saturated heterocycles. The van der Waals surface area contributed by atoms with E-state index in [1.807, 2.05) is 36.4 Å². The second kappa shape index (κ2) is 8.24. The number of hydrogen-bond donors (Lipinski definition) is 0. The fourth-order valence-electron chi connectivity index (χ4n) is 2.05. The van der Waals surface area contributed by atoms with Crippen molar-refractivity contribution in [2.45, 2.75) is 19.4 Å². The fraction of sp³-hybridized carbons (Fsp3) is 0.316. The molecule has 0 saturated carbocycles. The molecule has 5 nitrogen and oxygen atoms in total. The van der Waals surface area contributed by atoms with Crippen molar-refractivity contribution in [3.05, 3.63) is 54.6 Å². The molecule has 2 aromatic carbocycles. The molecule has 0 amide bonds. The molecule has 5 heteroatoms. The Bertz CT molecular complexity index is 652. The Balaban J connectivity index is 1.85. The maximum Gasteiger partial charge on any atom is 0.349 e. The molecule has 0 spiro atoms. The number of benzene rings is 2. The maximum atomic E-state index is 11.7. The SMILES string of the molecule is COC(=O)C(C)(C)Oc1cccc(OCCOc2ccccc2)c1. The number of hydrogen-bond acceptors (Lipinski definition) is 5. The number of rotatable bonds is 8. The molecule has 0 atom stereocenters. The second-order valence-corrected chi connectivity index (χ2v) is 5.59. The Labute approximate surface area is 142 Å². The molecule has 0 N–H and O–H groups in total. The van der Waals surface area contributed by atoms with Crippen molar-refractivity contribution < 1.29 is 23.7 Å². The van der Waals surface area contributed by atoms with E-state index in [4.69, 9.17) is 18.9 Å². The lowest BCUT2D eigenvalue weighted by Crippen LogP contribution is -2.39. The van der Waals surface area contributed by atoms with Crippen LogP contribution in [0, 0.1) is 0 Å². The Morgan fingerprint density at radius 1 is 0.875 bits per heavy atom. The van der Waals surface area contributed by atoms with Gasteiger partial charge in [0.15, 0.2) is 5.60 Å². The van der Waals surface area contributed by atoms with Crippen LogP contribution in [0.2, 0.25) is 0 Å². The third-order valence-corrected chi connectivity index (χ3v) is 3.22. The van der Waals surface area contributed by atoms with Crippen LogP contribution < -0.4 is 14.2 Å². The molecule has 2 rings (SSSR count). The Hall–Kier alpha value is -2.69. The summed E-state index contributed by atoms with van der Waals surface area (Å²) < 4.78 is 21.6. The van der Waals surface area contributed by atoms with Crippen molar-refractivity contribution in [1.82, 2.24) is 0 Å². The van der Waals surface area contributed by atoms with Crippen molar-refractivity contribution in [2.24, 2.45) is 0 Å². The van der Waals surface area contributed by atoms with Crippen LogP contribution in [-0.2, 0) is 9.53 Å². The van der Waals surface area contributed by atoms with Crippen LogP contribution in [0.15, 0.2) is 54.6 Å². The van der Waals surface area contributed by atoms with Crippen LogP contribution in [-0.4, -0.2) is 31.9 Å². The zero-order chi connectivity index (χ0) is 17.4. The van der Waals surface area contributed by atoms with Crippen molar-refractivity contribution in [2.75, 3.05) is 20.3 Å². The third kappa shape index (κ3) is 5.19. The topological polar surface area (TPSA) is 54.0 Å². The summed E-state index contributed by atoms with van der Waals surface area (Å²) in [6.07, 6.45) is 0. The van der Waals surface area contributed by atoms with Crippen molar-refractivity contribution in [3.8, 4) is 17.2 Å². The third-order valence-electron chi connectivity index (χ3n) is 3.22. The van der Waals surface area contributed by atoms with Gasteiger partial charge in [-0.3, -0.25) is 0 Å². The van der Waals surface area contributed by atoms with Gasteiger partial charge in [-0.05, 0) is 38.1 Å². The lowest BCUT2D eigenvalue weighted by molar-refractivity contribution is -0.156. The summed E-state index contributed by atoms with van der Waals surface area (Å²) in [5, 5.41) is 0. The molecule has 24 heavy (non-hydrogen) atoms. The molecule has 0 heterocycles. The van der Waals surface area contributed by atoms with E-state index in [1.54, 1.807) is 32.0 Å². The molecule has 0 aliphatic carbocycles. The predicted octanol–water partition coefficient (Wildman–Crippen LogP) is 3.47. The van der Waals surface area contributed by atoms with E-state index in [2.05, 4.69) is 0 Å². The van der Waals surface area contributed by atoms with E-state index in [0.717, 1.165) is 5.75 Å². The number of para-hydroxylation sites is 1. The van der Waals surface area contributed by atoms with Crippen LogP contribution in [0.4, 0.5) is 0 Å². The van der Waals surface area contributed by atoms with Crippen LogP contribution in [0.25, 0.3) is 0 Å². The molecule has 0 radical (unpaired) electrons. The summed E-state index contributed by atoms with van der Waals surface area (Å²) >= 11 is 0. The average Bonchev–Trinajstić information content (AvgIpc) is 2.59. The van der Waals surface area contributed by atoms with E-state index in [0.29, 0.717) is 24.7 Å². The highest BCUT2D eigenvalue weighted by molar-refractivity contribution is 5.78. The second-order valence-electron chi connectivity index (χ2n) is 5.59. The van der Waals surface area contributed by atoms with E-state index in [9.17, 15) is 4.79 Å². The number of methoxy groups -OCH3 is 1. The van der Waals surface area contributed by atoms with E-state index < -0.39 is 11.6 Å². The number of esters is 1. The lowest BCUT2D eigenvalue weighted by Gasteiger charge is -2.23. The van der Waals surface area contributed by atoms with Gasteiger partial charge in [-0.1, -0.05) is 24.3 Å². The van der Waals surface area contributed by atoms with Crippen molar-refractivity contribution >= 4 is 5.97 Å². The molecular weight excluding hydrogens is 308 g/mol. The van der Waals surface area contributed by atoms with Gasteiger partial charge in [0.1, 0.15) is 30.5 Å². The van der Waals surface area contributed by atoms with Crippen LogP contribution in [0.3, 0.4) is 0 Å². The smallest absolute Gasteiger partial charge is 0.349 e. The zero-order valence-electron chi connectivity index (χ0n) is 14.2. The molecule has 0 aliphatic heterocycles. The first-order valence-corrected chi connectivity index (χ1v) is 7.69. The molecule has 0 unspecified atom stereocenters. The molecule has 0 bridgehead atoms. The minimum Gasteiger partial charge on any atom is -0.490 e. The van der Waals surface area contributed by atoms with Crippen LogP contribution in [0.5, 0.6) is 17.2 Å². The monoisotopic (exact) mass is 330 g/mol. The first kappa shape index (κ1) is 17.7. The van der Waals surface area contributed by atoms with E-state index in [1.165, 1.54) is 7.11 Å².